The normalized spacial score (nSPS) is 21.4. The standard InChI is InChI=1S/C21H24O5/c1-16(22)24-15-21-20(25-17(2)23)14-13-19(26-21)12-8-4-7-11-18-9-5-3-6-10-18/h3,5-6,9-10,13-14,19-21H,4,7,11,15H2,1-2H3. The van der Waals surface area contributed by atoms with Crippen molar-refractivity contribution in [2.75, 3.05) is 6.61 Å². The lowest BCUT2D eigenvalue weighted by Gasteiger charge is -2.29. The molecule has 0 aromatic heterocycles. The minimum absolute atomic E-state index is 0.0177. The van der Waals surface area contributed by atoms with Gasteiger partial charge in [0.25, 0.3) is 0 Å². The topological polar surface area (TPSA) is 61.8 Å². The van der Waals surface area contributed by atoms with Crippen LogP contribution in [0.2, 0.25) is 0 Å². The Hall–Kier alpha value is -2.58. The Morgan fingerprint density at radius 2 is 1.88 bits per heavy atom. The van der Waals surface area contributed by atoms with E-state index in [1.54, 1.807) is 12.2 Å². The maximum absolute atomic E-state index is 11.2. The first-order valence-electron chi connectivity index (χ1n) is 8.71. The fraction of sp³-hybridized carbons (Fsp3) is 0.429. The molecule has 1 aromatic rings. The highest BCUT2D eigenvalue weighted by Gasteiger charge is 2.29. The van der Waals surface area contributed by atoms with Crippen molar-refractivity contribution < 1.29 is 23.8 Å². The summed E-state index contributed by atoms with van der Waals surface area (Å²) in [5.74, 6) is 5.36. The quantitative estimate of drug-likeness (QED) is 0.339. The van der Waals surface area contributed by atoms with Gasteiger partial charge in [0.2, 0.25) is 0 Å². The van der Waals surface area contributed by atoms with Crippen LogP contribution >= 0.6 is 0 Å². The molecule has 0 spiro atoms. The molecule has 5 nitrogen and oxygen atoms in total. The largest absolute Gasteiger partial charge is 0.463 e. The molecule has 1 aliphatic heterocycles. The van der Waals surface area contributed by atoms with Crippen molar-refractivity contribution in [2.45, 2.75) is 51.4 Å². The summed E-state index contributed by atoms with van der Waals surface area (Å²) in [5.41, 5.74) is 1.30. The highest BCUT2D eigenvalue weighted by molar-refractivity contribution is 5.66. The molecule has 0 radical (unpaired) electrons. The summed E-state index contributed by atoms with van der Waals surface area (Å²) in [6.07, 6.45) is 4.69. The monoisotopic (exact) mass is 356 g/mol. The van der Waals surface area contributed by atoms with Crippen molar-refractivity contribution in [3.63, 3.8) is 0 Å². The molecule has 2 rings (SSSR count). The van der Waals surface area contributed by atoms with Crippen LogP contribution in [0.25, 0.3) is 0 Å². The Bertz CT molecular complexity index is 683. The number of esters is 2. The maximum Gasteiger partial charge on any atom is 0.303 e. The van der Waals surface area contributed by atoms with Crippen molar-refractivity contribution in [2.24, 2.45) is 0 Å². The van der Waals surface area contributed by atoms with Gasteiger partial charge in [0, 0.05) is 20.3 Å². The van der Waals surface area contributed by atoms with E-state index >= 15 is 0 Å². The molecule has 1 heterocycles. The number of aryl methyl sites for hydroxylation is 1. The summed E-state index contributed by atoms with van der Waals surface area (Å²) in [7, 11) is 0. The fourth-order valence-corrected chi connectivity index (χ4v) is 2.57. The molecule has 5 heteroatoms. The Kier molecular flexibility index (Phi) is 7.91. The third-order valence-electron chi connectivity index (χ3n) is 3.77. The Labute approximate surface area is 154 Å². The van der Waals surface area contributed by atoms with E-state index < -0.39 is 30.3 Å². The number of hydrogen-bond acceptors (Lipinski definition) is 5. The van der Waals surface area contributed by atoms with Crippen molar-refractivity contribution in [1.29, 1.82) is 0 Å². The predicted octanol–water partition coefficient (Wildman–Crippen LogP) is 2.83. The van der Waals surface area contributed by atoms with Crippen molar-refractivity contribution in [3.8, 4) is 11.8 Å². The number of carbonyl (C=O) groups is 2. The second kappa shape index (κ2) is 10.4. The van der Waals surface area contributed by atoms with Gasteiger partial charge in [0.05, 0.1) is 0 Å². The highest BCUT2D eigenvalue weighted by atomic mass is 16.6. The van der Waals surface area contributed by atoms with Gasteiger partial charge in [-0.1, -0.05) is 36.3 Å². The minimum Gasteiger partial charge on any atom is -0.463 e. The summed E-state index contributed by atoms with van der Waals surface area (Å²) in [6.45, 7) is 2.67. The molecule has 0 bridgehead atoms. The molecule has 1 aliphatic rings. The van der Waals surface area contributed by atoms with Crippen LogP contribution < -0.4 is 0 Å². The number of benzene rings is 1. The van der Waals surface area contributed by atoms with Gasteiger partial charge in [-0.3, -0.25) is 9.59 Å². The van der Waals surface area contributed by atoms with E-state index in [9.17, 15) is 9.59 Å². The molecular weight excluding hydrogens is 332 g/mol. The van der Waals surface area contributed by atoms with Crippen molar-refractivity contribution in [3.05, 3.63) is 48.0 Å². The van der Waals surface area contributed by atoms with Gasteiger partial charge in [-0.15, -0.1) is 5.92 Å². The lowest BCUT2D eigenvalue weighted by Crippen LogP contribution is -2.41. The average Bonchev–Trinajstić information content (AvgIpc) is 2.61. The third-order valence-corrected chi connectivity index (χ3v) is 3.77. The number of unbranched alkanes of at least 4 members (excludes halogenated alkanes) is 1. The van der Waals surface area contributed by atoms with Gasteiger partial charge < -0.3 is 14.2 Å². The highest BCUT2D eigenvalue weighted by Crippen LogP contribution is 2.17. The van der Waals surface area contributed by atoms with Crippen LogP contribution in [-0.2, 0) is 30.2 Å². The van der Waals surface area contributed by atoms with Gasteiger partial charge in [-0.05, 0) is 30.6 Å². The Balaban J connectivity index is 1.85. The van der Waals surface area contributed by atoms with Gasteiger partial charge in [0.15, 0.2) is 0 Å². The lowest BCUT2D eigenvalue weighted by atomic mass is 10.1. The van der Waals surface area contributed by atoms with Crippen LogP contribution in [0, 0.1) is 11.8 Å². The molecular formula is C21H24O5. The predicted molar refractivity (Wildman–Crippen MR) is 97.1 cm³/mol. The molecule has 0 aliphatic carbocycles. The molecule has 3 atom stereocenters. The zero-order valence-electron chi connectivity index (χ0n) is 15.1. The van der Waals surface area contributed by atoms with Crippen LogP contribution in [0.15, 0.2) is 42.5 Å². The van der Waals surface area contributed by atoms with E-state index in [1.165, 1.54) is 19.4 Å². The smallest absolute Gasteiger partial charge is 0.303 e. The molecule has 138 valence electrons. The van der Waals surface area contributed by atoms with E-state index in [0.29, 0.717) is 0 Å². The summed E-state index contributed by atoms with van der Waals surface area (Å²) in [4.78, 5) is 22.2. The first kappa shape index (κ1) is 19.7. The number of rotatable bonds is 6. The minimum atomic E-state index is -0.581. The third kappa shape index (κ3) is 7.12. The van der Waals surface area contributed by atoms with E-state index in [0.717, 1.165) is 19.3 Å². The zero-order valence-corrected chi connectivity index (χ0v) is 15.1. The molecule has 3 unspecified atom stereocenters. The molecule has 0 saturated heterocycles. The van der Waals surface area contributed by atoms with Gasteiger partial charge in [-0.25, -0.2) is 0 Å². The summed E-state index contributed by atoms with van der Waals surface area (Å²) < 4.78 is 16.0. The maximum atomic E-state index is 11.2. The second-order valence-corrected chi connectivity index (χ2v) is 6.02. The number of ether oxygens (including phenoxy) is 3. The Morgan fingerprint density at radius 1 is 1.12 bits per heavy atom. The number of hydrogen-bond donors (Lipinski definition) is 0. The average molecular weight is 356 g/mol. The van der Waals surface area contributed by atoms with Gasteiger partial charge in [-0.2, -0.15) is 0 Å². The summed E-state index contributed by atoms with van der Waals surface area (Å²) >= 11 is 0. The van der Waals surface area contributed by atoms with Crippen LogP contribution in [-0.4, -0.2) is 36.9 Å². The summed E-state index contributed by atoms with van der Waals surface area (Å²) in [5, 5.41) is 0. The van der Waals surface area contributed by atoms with Crippen LogP contribution in [0.3, 0.4) is 0 Å². The van der Waals surface area contributed by atoms with Gasteiger partial charge >= 0.3 is 11.9 Å². The first-order valence-corrected chi connectivity index (χ1v) is 8.71. The van der Waals surface area contributed by atoms with Crippen molar-refractivity contribution in [1.82, 2.24) is 0 Å². The SMILES string of the molecule is CC(=O)OCC1OC(C#CCCCc2ccccc2)C=CC1OC(C)=O. The molecule has 26 heavy (non-hydrogen) atoms. The van der Waals surface area contributed by atoms with Crippen LogP contribution in [0.1, 0.15) is 32.3 Å². The second-order valence-electron chi connectivity index (χ2n) is 6.02. The molecule has 0 saturated carbocycles. The Morgan fingerprint density at radius 3 is 2.58 bits per heavy atom. The zero-order chi connectivity index (χ0) is 18.8. The summed E-state index contributed by atoms with van der Waals surface area (Å²) in [6, 6.07) is 10.3. The molecule has 0 N–H and O–H groups in total. The van der Waals surface area contributed by atoms with Gasteiger partial charge in [0.1, 0.15) is 24.9 Å². The van der Waals surface area contributed by atoms with Crippen LogP contribution in [0.4, 0.5) is 0 Å². The molecule has 0 fully saturated rings. The molecule has 1 aromatic carbocycles. The molecule has 0 amide bonds. The van der Waals surface area contributed by atoms with E-state index in [1.807, 2.05) is 18.2 Å². The lowest BCUT2D eigenvalue weighted by molar-refractivity contribution is -0.161. The van der Waals surface area contributed by atoms with E-state index in [-0.39, 0.29) is 6.61 Å². The number of carbonyl (C=O) groups excluding carboxylic acids is 2. The van der Waals surface area contributed by atoms with Crippen molar-refractivity contribution >= 4 is 11.9 Å². The van der Waals surface area contributed by atoms with Crippen LogP contribution in [0.5, 0.6) is 0 Å². The van der Waals surface area contributed by atoms with E-state index in [2.05, 4.69) is 24.0 Å². The fourth-order valence-electron chi connectivity index (χ4n) is 2.57. The van der Waals surface area contributed by atoms with E-state index in [4.69, 9.17) is 14.2 Å². The first-order chi connectivity index (χ1) is 12.5.